The fourth-order valence-corrected chi connectivity index (χ4v) is 7.89. The Labute approximate surface area is 171 Å². The molecule has 3 atom stereocenters. The van der Waals surface area contributed by atoms with Crippen LogP contribution in [0.15, 0.2) is 0 Å². The van der Waals surface area contributed by atoms with Gasteiger partial charge in [0.2, 0.25) is 11.8 Å². The minimum atomic E-state index is -3.91. The molecule has 1 saturated heterocycles. The van der Waals surface area contributed by atoms with Gasteiger partial charge in [-0.15, -0.1) is 0 Å². The summed E-state index contributed by atoms with van der Waals surface area (Å²) in [6, 6.07) is 1.87. The van der Waals surface area contributed by atoms with E-state index in [9.17, 15) is 23.3 Å². The molecule has 5 fully saturated rings. The number of nitriles is 1. The molecular formula is C19H29N5O4S. The maximum absolute atomic E-state index is 12.7. The van der Waals surface area contributed by atoms with Crippen LogP contribution >= 0.6 is 0 Å². The summed E-state index contributed by atoms with van der Waals surface area (Å²) in [6.07, 6.45) is 6.68. The van der Waals surface area contributed by atoms with Crippen LogP contribution in [0.4, 0.5) is 0 Å². The van der Waals surface area contributed by atoms with Crippen molar-refractivity contribution in [3.63, 3.8) is 0 Å². The molecule has 0 aromatic carbocycles. The summed E-state index contributed by atoms with van der Waals surface area (Å²) in [5.74, 6) is 0.131. The number of amides is 2. The van der Waals surface area contributed by atoms with E-state index in [4.69, 9.17) is 0 Å². The van der Waals surface area contributed by atoms with Crippen molar-refractivity contribution in [1.29, 1.82) is 5.26 Å². The van der Waals surface area contributed by atoms with E-state index in [1.54, 1.807) is 4.90 Å². The molecule has 10 heteroatoms. The summed E-state index contributed by atoms with van der Waals surface area (Å²) in [5.41, 5.74) is -0.857. The minimum absolute atomic E-state index is 0.0577. The monoisotopic (exact) mass is 423 g/mol. The van der Waals surface area contributed by atoms with Gasteiger partial charge in [-0.1, -0.05) is 0 Å². The Kier molecular flexibility index (Phi) is 5.12. The zero-order valence-electron chi connectivity index (χ0n) is 16.7. The molecule has 160 valence electrons. The van der Waals surface area contributed by atoms with Crippen molar-refractivity contribution < 1.29 is 18.0 Å². The number of nitrogens with one attached hydrogen (secondary N) is 3. The second-order valence-corrected chi connectivity index (χ2v) is 10.9. The van der Waals surface area contributed by atoms with E-state index in [0.717, 1.165) is 44.9 Å². The van der Waals surface area contributed by atoms with Crippen molar-refractivity contribution in [2.24, 2.45) is 11.8 Å². The molecule has 5 aliphatic rings. The standard InChI is InChI=1S/C19H29N5O4S/c1-13(25)22-29(27,28)23-19-8-14-5-15(9-19)7-18(6-14,12-19)21-11-17(26)24-4-2-3-16(24)10-20/h14-16,21,23H,2-9,11-12H2,1H3,(H,22,25)/t14?,15?,16-,18?,19?/m0/s1. The fourth-order valence-electron chi connectivity index (χ4n) is 6.65. The van der Waals surface area contributed by atoms with E-state index in [0.29, 0.717) is 24.8 Å². The van der Waals surface area contributed by atoms with Crippen molar-refractivity contribution >= 4 is 22.0 Å². The molecule has 4 bridgehead atoms. The summed E-state index contributed by atoms with van der Waals surface area (Å²) >= 11 is 0. The number of carbonyl (C=O) groups is 2. The summed E-state index contributed by atoms with van der Waals surface area (Å²) in [4.78, 5) is 25.6. The van der Waals surface area contributed by atoms with Crippen LogP contribution in [0.5, 0.6) is 0 Å². The Bertz CT molecular complexity index is 837. The highest BCUT2D eigenvalue weighted by atomic mass is 32.2. The normalized spacial score (nSPS) is 38.1. The van der Waals surface area contributed by atoms with Gasteiger partial charge in [-0.05, 0) is 63.2 Å². The summed E-state index contributed by atoms with van der Waals surface area (Å²) in [7, 11) is -3.91. The third-order valence-corrected chi connectivity index (χ3v) is 8.28. The van der Waals surface area contributed by atoms with Gasteiger partial charge in [0.15, 0.2) is 0 Å². The number of rotatable bonds is 6. The second kappa shape index (κ2) is 7.22. The first-order chi connectivity index (χ1) is 13.6. The van der Waals surface area contributed by atoms with Crippen molar-refractivity contribution in [3.05, 3.63) is 0 Å². The first kappa shape index (κ1) is 20.6. The first-order valence-corrected chi connectivity index (χ1v) is 11.9. The van der Waals surface area contributed by atoms with E-state index >= 15 is 0 Å². The van der Waals surface area contributed by atoms with Gasteiger partial charge in [0.1, 0.15) is 6.04 Å². The first-order valence-electron chi connectivity index (χ1n) is 10.4. The van der Waals surface area contributed by atoms with Crippen molar-refractivity contribution in [2.75, 3.05) is 13.1 Å². The van der Waals surface area contributed by atoms with Gasteiger partial charge in [-0.2, -0.15) is 18.4 Å². The Balaban J connectivity index is 1.46. The zero-order chi connectivity index (χ0) is 20.9. The fraction of sp³-hybridized carbons (Fsp3) is 0.842. The molecule has 0 spiro atoms. The van der Waals surface area contributed by atoms with E-state index in [1.165, 1.54) is 6.92 Å². The second-order valence-electron chi connectivity index (χ2n) is 9.51. The Morgan fingerprint density at radius 2 is 1.83 bits per heavy atom. The number of nitrogens with zero attached hydrogens (tertiary/aromatic N) is 2. The van der Waals surface area contributed by atoms with Gasteiger partial charge in [0.25, 0.3) is 0 Å². The topological polar surface area (TPSA) is 131 Å². The zero-order valence-corrected chi connectivity index (χ0v) is 17.6. The Morgan fingerprint density at radius 3 is 2.45 bits per heavy atom. The number of hydrogen-bond donors (Lipinski definition) is 3. The van der Waals surface area contributed by atoms with Gasteiger partial charge in [-0.3, -0.25) is 9.59 Å². The molecule has 1 aliphatic heterocycles. The van der Waals surface area contributed by atoms with Crippen LogP contribution in [-0.2, 0) is 19.8 Å². The third kappa shape index (κ3) is 4.13. The highest BCUT2D eigenvalue weighted by Crippen LogP contribution is 2.57. The molecular weight excluding hydrogens is 394 g/mol. The van der Waals surface area contributed by atoms with Crippen LogP contribution < -0.4 is 14.8 Å². The quantitative estimate of drug-likeness (QED) is 0.557. The number of carbonyl (C=O) groups excluding carboxylic acids is 2. The van der Waals surface area contributed by atoms with Gasteiger partial charge in [0.05, 0.1) is 12.6 Å². The van der Waals surface area contributed by atoms with Crippen LogP contribution in [0.2, 0.25) is 0 Å². The molecule has 4 saturated carbocycles. The average Bonchev–Trinajstić information content (AvgIpc) is 3.05. The largest absolute Gasteiger partial charge is 0.326 e. The van der Waals surface area contributed by atoms with Crippen molar-refractivity contribution in [2.45, 2.75) is 75.4 Å². The highest BCUT2D eigenvalue weighted by molar-refractivity contribution is 7.88. The molecule has 3 N–H and O–H groups in total. The van der Waals surface area contributed by atoms with Gasteiger partial charge >= 0.3 is 10.2 Å². The van der Waals surface area contributed by atoms with Gasteiger partial charge in [0, 0.05) is 24.5 Å². The summed E-state index contributed by atoms with van der Waals surface area (Å²) in [6.45, 7) is 1.98. The average molecular weight is 424 g/mol. The Morgan fingerprint density at radius 1 is 1.17 bits per heavy atom. The lowest BCUT2D eigenvalue weighted by molar-refractivity contribution is -0.131. The van der Waals surface area contributed by atoms with Crippen molar-refractivity contribution in [3.8, 4) is 6.07 Å². The maximum atomic E-state index is 12.7. The van der Waals surface area contributed by atoms with E-state index in [1.807, 2.05) is 4.72 Å². The van der Waals surface area contributed by atoms with E-state index < -0.39 is 21.7 Å². The van der Waals surface area contributed by atoms with E-state index in [-0.39, 0.29) is 24.0 Å². The molecule has 0 radical (unpaired) electrons. The molecule has 2 unspecified atom stereocenters. The lowest BCUT2D eigenvalue weighted by Gasteiger charge is -2.62. The number of hydrogen-bond acceptors (Lipinski definition) is 6. The smallest absolute Gasteiger partial charge is 0.301 e. The molecule has 4 aliphatic carbocycles. The summed E-state index contributed by atoms with van der Waals surface area (Å²) in [5, 5.41) is 12.7. The molecule has 9 nitrogen and oxygen atoms in total. The van der Waals surface area contributed by atoms with E-state index in [2.05, 4.69) is 16.1 Å². The molecule has 0 aromatic heterocycles. The SMILES string of the molecule is CC(=O)NS(=O)(=O)NC12CC3CC(CC(NCC(=O)N4CCC[C@H]4C#N)(C3)C1)C2. The minimum Gasteiger partial charge on any atom is -0.326 e. The lowest BCUT2D eigenvalue weighted by Crippen LogP contribution is -2.70. The van der Waals surface area contributed by atoms with Crippen LogP contribution in [0, 0.1) is 23.2 Å². The van der Waals surface area contributed by atoms with Crippen LogP contribution in [0.1, 0.15) is 58.3 Å². The van der Waals surface area contributed by atoms with Crippen LogP contribution in [-0.4, -0.2) is 55.3 Å². The van der Waals surface area contributed by atoms with Crippen LogP contribution in [0.3, 0.4) is 0 Å². The molecule has 2 amide bonds. The molecule has 1 heterocycles. The summed E-state index contributed by atoms with van der Waals surface area (Å²) < 4.78 is 29.6. The van der Waals surface area contributed by atoms with Crippen molar-refractivity contribution in [1.82, 2.24) is 19.7 Å². The lowest BCUT2D eigenvalue weighted by atomic mass is 9.50. The Hall–Kier alpha value is -1.70. The van der Waals surface area contributed by atoms with Gasteiger partial charge in [-0.25, -0.2) is 4.72 Å². The molecule has 5 rings (SSSR count). The molecule has 0 aromatic rings. The highest BCUT2D eigenvalue weighted by Gasteiger charge is 2.58. The van der Waals surface area contributed by atoms with Gasteiger partial charge < -0.3 is 10.2 Å². The maximum Gasteiger partial charge on any atom is 0.301 e. The van der Waals surface area contributed by atoms with Crippen LogP contribution in [0.25, 0.3) is 0 Å². The number of likely N-dealkylation sites (tertiary alicyclic amines) is 1. The predicted octanol–water partition coefficient (Wildman–Crippen LogP) is 0.152. The molecule has 29 heavy (non-hydrogen) atoms. The third-order valence-electron chi connectivity index (χ3n) is 7.03. The predicted molar refractivity (Wildman–Crippen MR) is 104 cm³/mol.